The molecule has 20 heavy (non-hydrogen) atoms. The molecular weight excluding hydrogens is 242 g/mol. The Morgan fingerprint density at radius 3 is 2.65 bits per heavy atom. The third kappa shape index (κ3) is 1.93. The van der Waals surface area contributed by atoms with Crippen molar-refractivity contribution in [2.45, 2.75) is 44.7 Å². The highest BCUT2D eigenvalue weighted by Gasteiger charge is 2.38. The van der Waals surface area contributed by atoms with E-state index >= 15 is 0 Å². The lowest BCUT2D eigenvalue weighted by molar-refractivity contribution is 0.648. The number of nitrogens with zero attached hydrogens (tertiary/aromatic N) is 1. The van der Waals surface area contributed by atoms with Crippen molar-refractivity contribution in [1.29, 1.82) is 0 Å². The lowest BCUT2D eigenvalue weighted by Crippen LogP contribution is -2.34. The van der Waals surface area contributed by atoms with Gasteiger partial charge in [0.25, 0.3) is 0 Å². The van der Waals surface area contributed by atoms with E-state index in [0.717, 1.165) is 6.04 Å². The van der Waals surface area contributed by atoms with Crippen LogP contribution in [0.15, 0.2) is 48.5 Å². The summed E-state index contributed by atoms with van der Waals surface area (Å²) in [5.74, 6) is 0. The van der Waals surface area contributed by atoms with E-state index in [-0.39, 0.29) is 0 Å². The highest BCUT2D eigenvalue weighted by Crippen LogP contribution is 2.41. The lowest BCUT2D eigenvalue weighted by Gasteiger charge is -2.27. The summed E-state index contributed by atoms with van der Waals surface area (Å²) >= 11 is 0. The van der Waals surface area contributed by atoms with Gasteiger partial charge < -0.3 is 4.90 Å². The maximum absolute atomic E-state index is 2.70. The van der Waals surface area contributed by atoms with Crippen molar-refractivity contribution in [3.8, 4) is 0 Å². The number of anilines is 1. The van der Waals surface area contributed by atoms with Gasteiger partial charge in [-0.25, -0.2) is 0 Å². The van der Waals surface area contributed by atoms with E-state index in [9.17, 15) is 0 Å². The van der Waals surface area contributed by atoms with Gasteiger partial charge in [-0.2, -0.15) is 0 Å². The van der Waals surface area contributed by atoms with Crippen LogP contribution in [0.25, 0.3) is 0 Å². The molecule has 0 aromatic heterocycles. The van der Waals surface area contributed by atoms with E-state index in [0.29, 0.717) is 6.04 Å². The molecule has 0 bridgehead atoms. The summed E-state index contributed by atoms with van der Waals surface area (Å²) in [4.78, 5) is 2.70. The van der Waals surface area contributed by atoms with Crippen molar-refractivity contribution in [2.24, 2.45) is 0 Å². The van der Waals surface area contributed by atoms with Crippen LogP contribution in [-0.2, 0) is 12.8 Å². The quantitative estimate of drug-likeness (QED) is 0.787. The summed E-state index contributed by atoms with van der Waals surface area (Å²) in [7, 11) is 0. The van der Waals surface area contributed by atoms with Gasteiger partial charge in [-0.1, -0.05) is 48.0 Å². The molecule has 2 heterocycles. The molecule has 4 rings (SSSR count). The van der Waals surface area contributed by atoms with Crippen LogP contribution in [0.5, 0.6) is 0 Å². The first kappa shape index (κ1) is 12.0. The zero-order valence-electron chi connectivity index (χ0n) is 12.0. The fourth-order valence-corrected chi connectivity index (χ4v) is 3.94. The van der Waals surface area contributed by atoms with Crippen LogP contribution in [0.3, 0.4) is 0 Å². The summed E-state index contributed by atoms with van der Waals surface area (Å²) in [6.07, 6.45) is 5.13. The number of benzene rings is 2. The predicted molar refractivity (Wildman–Crippen MR) is 84.3 cm³/mol. The van der Waals surface area contributed by atoms with Gasteiger partial charge in [0.05, 0.1) is 0 Å². The Bertz CT molecular complexity index is 614. The van der Waals surface area contributed by atoms with Crippen molar-refractivity contribution >= 4 is 5.69 Å². The topological polar surface area (TPSA) is 3.24 Å². The second-order valence-corrected chi connectivity index (χ2v) is 6.31. The average molecular weight is 263 g/mol. The van der Waals surface area contributed by atoms with Crippen LogP contribution in [0.1, 0.15) is 29.5 Å². The predicted octanol–water partition coefficient (Wildman–Crippen LogP) is 4.13. The fourth-order valence-electron chi connectivity index (χ4n) is 3.94. The first-order chi connectivity index (χ1) is 9.81. The summed E-state index contributed by atoms with van der Waals surface area (Å²) in [6, 6.07) is 19.5. The van der Waals surface area contributed by atoms with E-state index in [2.05, 4.69) is 60.4 Å². The Morgan fingerprint density at radius 1 is 1.00 bits per heavy atom. The van der Waals surface area contributed by atoms with Crippen LogP contribution < -0.4 is 4.90 Å². The van der Waals surface area contributed by atoms with Crippen molar-refractivity contribution in [1.82, 2.24) is 0 Å². The molecule has 2 aromatic carbocycles. The van der Waals surface area contributed by atoms with Gasteiger partial charge in [0.15, 0.2) is 0 Å². The van der Waals surface area contributed by atoms with Gasteiger partial charge >= 0.3 is 0 Å². The van der Waals surface area contributed by atoms with Gasteiger partial charge in [-0.05, 0) is 49.8 Å². The van der Waals surface area contributed by atoms with Crippen LogP contribution >= 0.6 is 0 Å². The van der Waals surface area contributed by atoms with Gasteiger partial charge in [0.1, 0.15) is 0 Å². The maximum atomic E-state index is 2.70. The van der Waals surface area contributed by atoms with Crippen molar-refractivity contribution < 1.29 is 0 Å². The summed E-state index contributed by atoms with van der Waals surface area (Å²) in [5, 5.41) is 0. The Hall–Kier alpha value is -1.76. The molecule has 0 aliphatic carbocycles. The molecule has 102 valence electrons. The smallest absolute Gasteiger partial charge is 0.0404 e. The highest BCUT2D eigenvalue weighted by molar-refractivity contribution is 5.61. The summed E-state index contributed by atoms with van der Waals surface area (Å²) in [6.45, 7) is 2.16. The van der Waals surface area contributed by atoms with E-state index in [1.165, 1.54) is 42.5 Å². The third-order valence-corrected chi connectivity index (χ3v) is 4.94. The third-order valence-electron chi connectivity index (χ3n) is 4.94. The van der Waals surface area contributed by atoms with Gasteiger partial charge in [0.2, 0.25) is 0 Å². The summed E-state index contributed by atoms with van der Waals surface area (Å²) in [5.41, 5.74) is 5.87. The molecule has 0 radical (unpaired) electrons. The van der Waals surface area contributed by atoms with Crippen LogP contribution in [0.4, 0.5) is 5.69 Å². The minimum atomic E-state index is 0.686. The van der Waals surface area contributed by atoms with E-state index in [4.69, 9.17) is 0 Å². The molecule has 2 aromatic rings. The summed E-state index contributed by atoms with van der Waals surface area (Å²) < 4.78 is 0. The Balaban J connectivity index is 1.60. The Kier molecular flexibility index (Phi) is 2.80. The number of hydrogen-bond donors (Lipinski definition) is 0. The minimum Gasteiger partial charge on any atom is -0.365 e. The molecule has 2 aliphatic heterocycles. The van der Waals surface area contributed by atoms with Crippen LogP contribution in [0, 0.1) is 6.92 Å². The first-order valence-corrected chi connectivity index (χ1v) is 7.73. The zero-order chi connectivity index (χ0) is 13.5. The molecule has 2 aliphatic rings. The molecule has 1 nitrogen and oxygen atoms in total. The first-order valence-electron chi connectivity index (χ1n) is 7.73. The van der Waals surface area contributed by atoms with E-state index < -0.39 is 0 Å². The molecule has 0 saturated carbocycles. The normalized spacial score (nSPS) is 23.8. The van der Waals surface area contributed by atoms with Crippen LogP contribution in [-0.4, -0.2) is 12.1 Å². The number of para-hydroxylation sites is 1. The Labute approximate surface area is 121 Å². The number of aryl methyl sites for hydroxylation is 1. The van der Waals surface area contributed by atoms with Gasteiger partial charge in [-0.3, -0.25) is 0 Å². The number of fused-ring (bicyclic) bond motifs is 3. The molecule has 0 unspecified atom stereocenters. The second-order valence-electron chi connectivity index (χ2n) is 6.31. The average Bonchev–Trinajstić information content (AvgIpc) is 3.01. The molecule has 1 fully saturated rings. The van der Waals surface area contributed by atoms with E-state index in [1.807, 2.05) is 0 Å². The Morgan fingerprint density at radius 2 is 1.80 bits per heavy atom. The van der Waals surface area contributed by atoms with Gasteiger partial charge in [-0.15, -0.1) is 0 Å². The largest absolute Gasteiger partial charge is 0.365 e. The van der Waals surface area contributed by atoms with Crippen LogP contribution in [0.2, 0.25) is 0 Å². The SMILES string of the molecule is Cc1ccc(C[C@@H]2CC[C@H]3Cc4ccccc4N23)cc1. The number of rotatable bonds is 2. The standard InChI is InChI=1S/C19H21N/c1-14-6-8-15(9-7-14)12-17-10-11-18-13-16-4-2-3-5-19(16)20(17)18/h2-9,17-18H,10-13H2,1H3/t17-,18-/m0/s1. The molecule has 0 N–H and O–H groups in total. The second kappa shape index (κ2) is 4.66. The molecule has 2 atom stereocenters. The maximum Gasteiger partial charge on any atom is 0.0404 e. The highest BCUT2D eigenvalue weighted by atomic mass is 15.2. The number of hydrogen-bond acceptors (Lipinski definition) is 1. The molecular formula is C19H21N. The molecule has 1 saturated heterocycles. The van der Waals surface area contributed by atoms with E-state index in [1.54, 1.807) is 5.56 Å². The lowest BCUT2D eigenvalue weighted by atomic mass is 10.0. The minimum absolute atomic E-state index is 0.686. The molecule has 1 heteroatoms. The van der Waals surface area contributed by atoms with Crippen molar-refractivity contribution in [3.05, 3.63) is 65.2 Å². The molecule has 0 spiro atoms. The van der Waals surface area contributed by atoms with Crippen molar-refractivity contribution in [3.63, 3.8) is 0 Å². The van der Waals surface area contributed by atoms with Gasteiger partial charge in [0, 0.05) is 17.8 Å². The van der Waals surface area contributed by atoms with Crippen molar-refractivity contribution in [2.75, 3.05) is 4.90 Å². The monoisotopic (exact) mass is 263 g/mol. The fraction of sp³-hybridized carbons (Fsp3) is 0.368. The zero-order valence-corrected chi connectivity index (χ0v) is 12.0. The molecule has 0 amide bonds.